The summed E-state index contributed by atoms with van der Waals surface area (Å²) in [5, 5.41) is 17.5. The summed E-state index contributed by atoms with van der Waals surface area (Å²) in [7, 11) is 0. The summed E-state index contributed by atoms with van der Waals surface area (Å²) in [4.78, 5) is 0. The van der Waals surface area contributed by atoms with Crippen LogP contribution in [0.5, 0.6) is 0 Å². The van der Waals surface area contributed by atoms with Gasteiger partial charge in [-0.15, -0.1) is 0 Å². The van der Waals surface area contributed by atoms with Crippen molar-refractivity contribution >= 4 is 0 Å². The molecular weight excluding hydrogens is 248 g/mol. The van der Waals surface area contributed by atoms with Crippen molar-refractivity contribution in [1.82, 2.24) is 0 Å². The number of hydrogen-bond acceptors (Lipinski definition) is 5. The van der Waals surface area contributed by atoms with E-state index < -0.39 is 0 Å². The van der Waals surface area contributed by atoms with E-state index in [1.165, 1.54) is 12.8 Å². The van der Waals surface area contributed by atoms with Gasteiger partial charge in [0.25, 0.3) is 0 Å². The SMILES string of the molecule is OCCOCCOCC1(OCCO)CCCCCC1. The highest BCUT2D eigenvalue weighted by molar-refractivity contribution is 4.83. The van der Waals surface area contributed by atoms with Gasteiger partial charge < -0.3 is 24.4 Å². The van der Waals surface area contributed by atoms with E-state index in [-0.39, 0.29) is 18.8 Å². The van der Waals surface area contributed by atoms with Crippen molar-refractivity contribution in [1.29, 1.82) is 0 Å². The molecule has 0 aromatic heterocycles. The highest BCUT2D eigenvalue weighted by Crippen LogP contribution is 2.30. The molecule has 5 nitrogen and oxygen atoms in total. The minimum absolute atomic E-state index is 0.0452. The van der Waals surface area contributed by atoms with Crippen LogP contribution in [-0.2, 0) is 14.2 Å². The smallest absolute Gasteiger partial charge is 0.0916 e. The van der Waals surface area contributed by atoms with Crippen molar-refractivity contribution in [3.05, 3.63) is 0 Å². The molecule has 0 aromatic rings. The minimum Gasteiger partial charge on any atom is -0.394 e. The van der Waals surface area contributed by atoms with E-state index >= 15 is 0 Å². The van der Waals surface area contributed by atoms with Crippen LogP contribution in [0.25, 0.3) is 0 Å². The monoisotopic (exact) mass is 276 g/mol. The topological polar surface area (TPSA) is 68.2 Å². The molecule has 0 atom stereocenters. The first kappa shape index (κ1) is 16.9. The number of aliphatic hydroxyl groups is 2. The highest BCUT2D eigenvalue weighted by Gasteiger charge is 2.32. The molecule has 114 valence electrons. The van der Waals surface area contributed by atoms with E-state index in [2.05, 4.69) is 0 Å². The lowest BCUT2D eigenvalue weighted by molar-refractivity contribution is -0.118. The lowest BCUT2D eigenvalue weighted by Gasteiger charge is -2.32. The van der Waals surface area contributed by atoms with Crippen molar-refractivity contribution in [3.63, 3.8) is 0 Å². The zero-order valence-corrected chi connectivity index (χ0v) is 11.8. The Hall–Kier alpha value is -0.200. The average Bonchev–Trinajstić information content (AvgIpc) is 2.67. The molecule has 0 spiro atoms. The molecule has 19 heavy (non-hydrogen) atoms. The van der Waals surface area contributed by atoms with Crippen LogP contribution in [0.3, 0.4) is 0 Å². The fraction of sp³-hybridized carbons (Fsp3) is 1.00. The maximum atomic E-state index is 8.94. The molecule has 1 rings (SSSR count). The summed E-state index contributed by atoms with van der Waals surface area (Å²) in [6.07, 6.45) is 6.84. The Morgan fingerprint density at radius 2 is 1.37 bits per heavy atom. The predicted octanol–water partition coefficient (Wildman–Crippen LogP) is 1.11. The van der Waals surface area contributed by atoms with Gasteiger partial charge >= 0.3 is 0 Å². The third-order valence-corrected chi connectivity index (χ3v) is 3.49. The standard InChI is InChI=1S/C14H28O5/c15-7-9-17-11-12-18-13-14(19-10-8-16)5-3-1-2-4-6-14/h15-16H,1-13H2. The zero-order chi connectivity index (χ0) is 13.8. The van der Waals surface area contributed by atoms with Gasteiger partial charge in [-0.1, -0.05) is 25.7 Å². The van der Waals surface area contributed by atoms with Gasteiger partial charge in [-0.3, -0.25) is 0 Å². The van der Waals surface area contributed by atoms with Gasteiger partial charge in [0.2, 0.25) is 0 Å². The van der Waals surface area contributed by atoms with Gasteiger partial charge in [0.1, 0.15) is 0 Å². The summed E-state index contributed by atoms with van der Waals surface area (Å²) in [5.74, 6) is 0. The molecule has 0 heterocycles. The Morgan fingerprint density at radius 1 is 0.737 bits per heavy atom. The number of rotatable bonds is 10. The highest BCUT2D eigenvalue weighted by atomic mass is 16.6. The molecule has 1 fully saturated rings. The lowest BCUT2D eigenvalue weighted by Crippen LogP contribution is -2.38. The van der Waals surface area contributed by atoms with E-state index in [0.29, 0.717) is 33.0 Å². The summed E-state index contributed by atoms with van der Waals surface area (Å²) in [5.41, 5.74) is -0.226. The molecule has 1 saturated carbocycles. The van der Waals surface area contributed by atoms with Crippen molar-refractivity contribution < 1.29 is 24.4 Å². The molecule has 0 aromatic carbocycles. The van der Waals surface area contributed by atoms with Crippen LogP contribution in [0.15, 0.2) is 0 Å². The van der Waals surface area contributed by atoms with E-state index in [4.69, 9.17) is 24.4 Å². The van der Waals surface area contributed by atoms with Crippen molar-refractivity contribution in [2.75, 3.05) is 46.2 Å². The van der Waals surface area contributed by atoms with Crippen molar-refractivity contribution in [2.24, 2.45) is 0 Å². The third kappa shape index (κ3) is 7.22. The van der Waals surface area contributed by atoms with E-state index in [9.17, 15) is 0 Å². The van der Waals surface area contributed by atoms with Crippen LogP contribution in [0.4, 0.5) is 0 Å². The predicted molar refractivity (Wildman–Crippen MR) is 72.2 cm³/mol. The van der Waals surface area contributed by atoms with E-state index in [0.717, 1.165) is 25.7 Å². The van der Waals surface area contributed by atoms with Crippen LogP contribution in [0, 0.1) is 0 Å². The minimum atomic E-state index is -0.226. The molecule has 1 aliphatic rings. The summed E-state index contributed by atoms with van der Waals surface area (Å²) < 4.78 is 16.7. The second-order valence-electron chi connectivity index (χ2n) is 5.06. The second-order valence-corrected chi connectivity index (χ2v) is 5.06. The first-order valence-corrected chi connectivity index (χ1v) is 7.34. The van der Waals surface area contributed by atoms with E-state index in [1.807, 2.05) is 0 Å². The second kappa shape index (κ2) is 10.6. The summed E-state index contributed by atoms with van der Waals surface area (Å²) >= 11 is 0. The van der Waals surface area contributed by atoms with Crippen LogP contribution in [-0.4, -0.2) is 62.1 Å². The zero-order valence-electron chi connectivity index (χ0n) is 11.8. The van der Waals surface area contributed by atoms with Crippen LogP contribution in [0.1, 0.15) is 38.5 Å². The molecule has 2 N–H and O–H groups in total. The molecule has 5 heteroatoms. The van der Waals surface area contributed by atoms with Gasteiger partial charge in [0.05, 0.1) is 51.8 Å². The number of ether oxygens (including phenoxy) is 3. The van der Waals surface area contributed by atoms with Crippen molar-refractivity contribution in [2.45, 2.75) is 44.1 Å². The largest absolute Gasteiger partial charge is 0.394 e. The molecule has 0 radical (unpaired) electrons. The van der Waals surface area contributed by atoms with Gasteiger partial charge in [-0.05, 0) is 12.8 Å². The van der Waals surface area contributed by atoms with Gasteiger partial charge in [-0.2, -0.15) is 0 Å². The molecular formula is C14H28O5. The Labute approximate surface area is 115 Å². The first-order chi connectivity index (χ1) is 9.33. The van der Waals surface area contributed by atoms with Crippen LogP contribution >= 0.6 is 0 Å². The first-order valence-electron chi connectivity index (χ1n) is 7.34. The summed E-state index contributed by atoms with van der Waals surface area (Å²) in [6.45, 7) is 2.42. The molecule has 0 aliphatic heterocycles. The molecule has 0 saturated heterocycles. The Balaban J connectivity index is 2.27. The number of hydrogen-bond donors (Lipinski definition) is 2. The Morgan fingerprint density at radius 3 is 2.00 bits per heavy atom. The Bertz CT molecular complexity index is 202. The third-order valence-electron chi connectivity index (χ3n) is 3.49. The maximum absolute atomic E-state index is 8.94. The van der Waals surface area contributed by atoms with Crippen LogP contribution in [0.2, 0.25) is 0 Å². The quantitative estimate of drug-likeness (QED) is 0.462. The normalized spacial score (nSPS) is 19.3. The molecule has 0 amide bonds. The van der Waals surface area contributed by atoms with Gasteiger partial charge in [-0.25, -0.2) is 0 Å². The molecule has 0 bridgehead atoms. The molecule has 0 unspecified atom stereocenters. The average molecular weight is 276 g/mol. The van der Waals surface area contributed by atoms with E-state index in [1.54, 1.807) is 0 Å². The van der Waals surface area contributed by atoms with Gasteiger partial charge in [0.15, 0.2) is 0 Å². The molecule has 1 aliphatic carbocycles. The van der Waals surface area contributed by atoms with Crippen molar-refractivity contribution in [3.8, 4) is 0 Å². The maximum Gasteiger partial charge on any atom is 0.0916 e. The lowest BCUT2D eigenvalue weighted by atomic mass is 9.95. The fourth-order valence-electron chi connectivity index (χ4n) is 2.51. The van der Waals surface area contributed by atoms with Crippen LogP contribution < -0.4 is 0 Å². The summed E-state index contributed by atoms with van der Waals surface area (Å²) in [6, 6.07) is 0. The van der Waals surface area contributed by atoms with Gasteiger partial charge in [0, 0.05) is 0 Å². The fourth-order valence-corrected chi connectivity index (χ4v) is 2.51. The Kier molecular flexibility index (Phi) is 9.38. The number of aliphatic hydroxyl groups excluding tert-OH is 2.